The van der Waals surface area contributed by atoms with Crippen LogP contribution >= 0.6 is 31.9 Å². The summed E-state index contributed by atoms with van der Waals surface area (Å²) in [6.45, 7) is 0. The first-order chi connectivity index (χ1) is 41.2. The van der Waals surface area contributed by atoms with E-state index in [0.29, 0.717) is 83.3 Å². The predicted molar refractivity (Wildman–Crippen MR) is 328 cm³/mol. The van der Waals surface area contributed by atoms with Crippen molar-refractivity contribution in [3.63, 3.8) is 0 Å². The molecular formula is C70H44Br2N4O8. The summed E-state index contributed by atoms with van der Waals surface area (Å²) < 4.78 is 28.2. The van der Waals surface area contributed by atoms with Crippen LogP contribution in [0.15, 0.2) is 307 Å². The number of aliphatic imine (C=N–C) groups is 2. The molecule has 4 aliphatic carbocycles. The van der Waals surface area contributed by atoms with Crippen LogP contribution < -0.4 is 18.9 Å². The Kier molecular flexibility index (Phi) is 15.6. The molecule has 1 aromatic heterocycles. The van der Waals surface area contributed by atoms with Crippen LogP contribution in [0, 0.1) is 11.8 Å². The third kappa shape index (κ3) is 10.9. The van der Waals surface area contributed by atoms with Gasteiger partial charge in [-0.3, -0.25) is 4.57 Å². The lowest BCUT2D eigenvalue weighted by Crippen LogP contribution is -2.34. The van der Waals surface area contributed by atoms with Crippen molar-refractivity contribution in [1.29, 1.82) is 0 Å². The molecule has 14 heteroatoms. The second kappa shape index (κ2) is 24.1. The highest BCUT2D eigenvalue weighted by Gasteiger charge is 2.50. The molecule has 4 atom stereocenters. The number of imidazole rings is 1. The normalized spacial score (nSPS) is 20.5. The standard InChI is InChI=1S/C70H44Br2N4O8/c71-63-27-15-13-25-61(63)69-73-67(59-35-31-55(39-47(59)43-79)83-51-21-9-3-10-22-51)68(60-36-32-56(40-48(60)44-80)84-52-23-11-4-12-24-52)76(69)70(62-26-14-16-28-64(62)72)74-65(57-33-29-53(37-45(57)41-77)81-49-17-5-1-6-18-49)66(75-70)58-34-30-54(38-46(58)42-78)82-50-19-7-2-8-20-50/h1-40,57-60H. The lowest BCUT2D eigenvalue weighted by Gasteiger charge is -2.33. The number of carbonyl (C=O) groups excluding carboxylic acids is 4. The molecule has 4 unspecified atom stereocenters. The Morgan fingerprint density at radius 1 is 0.405 bits per heavy atom. The number of rotatable bonds is 15. The molecule has 12 nitrogen and oxygen atoms in total. The minimum atomic E-state index is -1.98. The number of ether oxygens (including phenoxy) is 4. The van der Waals surface area contributed by atoms with Crippen molar-refractivity contribution < 1.29 is 38.1 Å². The predicted octanol–water partition coefficient (Wildman–Crippen LogP) is 14.2. The lowest BCUT2D eigenvalue weighted by atomic mass is 9.81. The molecule has 5 aliphatic rings. The number of allylic oxidation sites excluding steroid dienone is 16. The van der Waals surface area contributed by atoms with Gasteiger partial charge in [0.05, 0.1) is 68.8 Å². The summed E-state index contributed by atoms with van der Waals surface area (Å²) >= 11 is 7.79. The number of nitrogens with zero attached hydrogens (tertiary/aromatic N) is 4. The molecule has 0 fully saturated rings. The maximum atomic E-state index is 13.8. The van der Waals surface area contributed by atoms with Crippen molar-refractivity contribution in [1.82, 2.24) is 9.55 Å². The SMILES string of the molecule is O=C=C1C=C(Oc2ccccc2)C=CC1C1=NC(c2ccccc2Br)(n2c(-c3ccccc3Br)nc(C3C=CC(Oc4ccccc4)=CC3=C=O)c2C2C=CC(Oc3ccccc3)=CC2=C=O)N=C1C1C=CC(Oc2ccccc2)=CC1=C=O. The quantitative estimate of drug-likeness (QED) is 0.0915. The largest absolute Gasteiger partial charge is 0.457 e. The van der Waals surface area contributed by atoms with E-state index in [1.54, 1.807) is 97.2 Å². The van der Waals surface area contributed by atoms with E-state index in [0.717, 1.165) is 0 Å². The van der Waals surface area contributed by atoms with Gasteiger partial charge in [0.25, 0.3) is 5.79 Å². The number of halogens is 2. The molecule has 7 aromatic rings. The number of benzene rings is 6. The molecule has 12 rings (SSSR count). The molecule has 0 bridgehead atoms. The van der Waals surface area contributed by atoms with Gasteiger partial charge < -0.3 is 18.9 Å². The van der Waals surface area contributed by atoms with Crippen molar-refractivity contribution >= 4 is 67.0 Å². The lowest BCUT2D eigenvalue weighted by molar-refractivity contribution is 0.386. The summed E-state index contributed by atoms with van der Waals surface area (Å²) in [6, 6.07) is 51.7. The van der Waals surface area contributed by atoms with Crippen LogP contribution in [0.1, 0.15) is 28.8 Å². The minimum absolute atomic E-state index is 0.146. The molecule has 0 N–H and O–H groups in total. The molecule has 0 radical (unpaired) electrons. The van der Waals surface area contributed by atoms with E-state index >= 15 is 0 Å². The Balaban J connectivity index is 1.14. The zero-order valence-corrected chi connectivity index (χ0v) is 47.4. The first kappa shape index (κ1) is 54.3. The number of hydrogen-bond donors (Lipinski definition) is 0. The first-order valence-corrected chi connectivity index (χ1v) is 28.2. The molecule has 84 heavy (non-hydrogen) atoms. The van der Waals surface area contributed by atoms with Gasteiger partial charge in [-0.25, -0.2) is 34.1 Å². The van der Waals surface area contributed by atoms with Crippen LogP contribution in [0.4, 0.5) is 0 Å². The summed E-state index contributed by atoms with van der Waals surface area (Å²) in [6.07, 6.45) is 20.7. The van der Waals surface area contributed by atoms with Crippen LogP contribution in [0.3, 0.4) is 0 Å². The van der Waals surface area contributed by atoms with Crippen molar-refractivity contribution in [2.45, 2.75) is 17.6 Å². The number of aromatic nitrogens is 2. The van der Waals surface area contributed by atoms with E-state index in [9.17, 15) is 19.2 Å². The molecule has 406 valence electrons. The van der Waals surface area contributed by atoms with Crippen LogP contribution in [-0.4, -0.2) is 44.7 Å². The average molecular weight is 1230 g/mol. The van der Waals surface area contributed by atoms with E-state index in [-0.39, 0.29) is 33.7 Å². The summed E-state index contributed by atoms with van der Waals surface area (Å²) in [4.78, 5) is 71.8. The monoisotopic (exact) mass is 1230 g/mol. The molecule has 0 spiro atoms. The van der Waals surface area contributed by atoms with Gasteiger partial charge in [-0.2, -0.15) is 0 Å². The van der Waals surface area contributed by atoms with Gasteiger partial charge in [0.15, 0.2) is 0 Å². The van der Waals surface area contributed by atoms with Crippen molar-refractivity contribution in [3.8, 4) is 34.4 Å². The average Bonchev–Trinajstić information content (AvgIpc) is 2.12. The zero-order valence-electron chi connectivity index (χ0n) is 44.2. The highest BCUT2D eigenvalue weighted by Crippen LogP contribution is 2.51. The second-order valence-corrected chi connectivity index (χ2v) is 21.3. The van der Waals surface area contributed by atoms with Gasteiger partial charge in [-0.05, 0) is 109 Å². The number of para-hydroxylation sites is 4. The third-order valence-electron chi connectivity index (χ3n) is 14.3. The van der Waals surface area contributed by atoms with Gasteiger partial charge in [-0.1, -0.05) is 165 Å². The van der Waals surface area contributed by atoms with E-state index in [2.05, 4.69) is 55.6 Å². The summed E-state index contributed by atoms with van der Waals surface area (Å²) in [5.41, 5.74) is 2.93. The first-order valence-electron chi connectivity index (χ1n) is 26.6. The van der Waals surface area contributed by atoms with E-state index in [1.807, 2.05) is 150 Å². The Bertz CT molecular complexity index is 4200. The van der Waals surface area contributed by atoms with Gasteiger partial charge >= 0.3 is 0 Å². The van der Waals surface area contributed by atoms with Crippen LogP contribution in [-0.2, 0) is 25.0 Å². The fourth-order valence-corrected chi connectivity index (χ4v) is 11.6. The van der Waals surface area contributed by atoms with Crippen LogP contribution in [0.25, 0.3) is 11.4 Å². The van der Waals surface area contributed by atoms with Gasteiger partial charge in [0.1, 0.15) is 75.6 Å². The molecule has 1 aliphatic heterocycles. The molecule has 2 heterocycles. The Morgan fingerprint density at radius 3 is 1.15 bits per heavy atom. The topological polar surface area (TPSA) is 148 Å². The summed E-state index contributed by atoms with van der Waals surface area (Å²) in [5.74, 6) is 6.97. The molecule has 0 saturated heterocycles. The van der Waals surface area contributed by atoms with Gasteiger partial charge in [0, 0.05) is 20.1 Å². The third-order valence-corrected chi connectivity index (χ3v) is 15.7. The molecule has 0 saturated carbocycles. The van der Waals surface area contributed by atoms with Gasteiger partial charge in [-0.15, -0.1) is 0 Å². The second-order valence-electron chi connectivity index (χ2n) is 19.6. The minimum Gasteiger partial charge on any atom is -0.457 e. The highest BCUT2D eigenvalue weighted by molar-refractivity contribution is 9.10. The summed E-state index contributed by atoms with van der Waals surface area (Å²) in [7, 11) is 0. The van der Waals surface area contributed by atoms with E-state index in [1.165, 1.54) is 0 Å². The van der Waals surface area contributed by atoms with Crippen molar-refractivity contribution in [2.75, 3.05) is 0 Å². The van der Waals surface area contributed by atoms with Crippen molar-refractivity contribution in [3.05, 3.63) is 314 Å². The highest BCUT2D eigenvalue weighted by atomic mass is 79.9. The Morgan fingerprint density at radius 2 is 0.750 bits per heavy atom. The number of hydrogen-bond acceptors (Lipinski definition) is 11. The van der Waals surface area contributed by atoms with E-state index < -0.39 is 29.5 Å². The Labute approximate surface area is 499 Å². The maximum Gasteiger partial charge on any atom is 0.261 e. The van der Waals surface area contributed by atoms with E-state index in [4.69, 9.17) is 33.9 Å². The van der Waals surface area contributed by atoms with Gasteiger partial charge in [0.2, 0.25) is 0 Å². The molecule has 0 amide bonds. The fourth-order valence-electron chi connectivity index (χ4n) is 10.5. The van der Waals surface area contributed by atoms with Crippen molar-refractivity contribution in [2.24, 2.45) is 21.8 Å². The Hall–Kier alpha value is -10.3. The summed E-state index contributed by atoms with van der Waals surface area (Å²) in [5, 5.41) is 0. The van der Waals surface area contributed by atoms with Crippen LogP contribution in [0.2, 0.25) is 0 Å². The smallest absolute Gasteiger partial charge is 0.261 e. The fraction of sp³-hybridized carbons (Fsp3) is 0.0714. The maximum absolute atomic E-state index is 13.8. The molecular weight excluding hydrogens is 1180 g/mol. The zero-order chi connectivity index (χ0) is 57.6. The molecule has 6 aromatic carbocycles. The van der Waals surface area contributed by atoms with Crippen LogP contribution in [0.5, 0.6) is 23.0 Å².